The maximum absolute atomic E-state index is 11.9. The van der Waals surface area contributed by atoms with Crippen LogP contribution in [0.4, 0.5) is 0 Å². The van der Waals surface area contributed by atoms with Gasteiger partial charge in [0, 0.05) is 17.5 Å². The van der Waals surface area contributed by atoms with Crippen LogP contribution in [0.15, 0.2) is 60.2 Å². The monoisotopic (exact) mass is 397 g/mol. The number of benzene rings is 2. The second-order valence-electron chi connectivity index (χ2n) is 8.34. The predicted molar refractivity (Wildman–Crippen MR) is 120 cm³/mol. The van der Waals surface area contributed by atoms with E-state index in [4.69, 9.17) is 11.6 Å². The first-order chi connectivity index (χ1) is 13.5. The summed E-state index contributed by atoms with van der Waals surface area (Å²) in [5, 5.41) is 12.7. The summed E-state index contributed by atoms with van der Waals surface area (Å²) in [6.45, 7) is 0.916. The highest BCUT2D eigenvalue weighted by atomic mass is 35.5. The summed E-state index contributed by atoms with van der Waals surface area (Å²) in [5.41, 5.74) is 2.90. The molecule has 0 saturated heterocycles. The van der Waals surface area contributed by atoms with Gasteiger partial charge < -0.3 is 10.0 Å². The molecule has 0 bridgehead atoms. The van der Waals surface area contributed by atoms with Gasteiger partial charge in [-0.05, 0) is 81.5 Å². The van der Waals surface area contributed by atoms with E-state index < -0.39 is 5.60 Å². The molecule has 0 amide bonds. The zero-order valence-electron chi connectivity index (χ0n) is 17.1. The van der Waals surface area contributed by atoms with Crippen molar-refractivity contribution in [2.45, 2.75) is 44.1 Å². The lowest BCUT2D eigenvalue weighted by molar-refractivity contribution is -0.0208. The van der Waals surface area contributed by atoms with E-state index in [0.717, 1.165) is 55.7 Å². The lowest BCUT2D eigenvalue weighted by Crippen LogP contribution is -2.47. The number of aryl methyl sites for hydroxylation is 1. The molecular formula is C25H32ClNO. The first-order valence-corrected chi connectivity index (χ1v) is 10.7. The number of rotatable bonds is 7. The van der Waals surface area contributed by atoms with E-state index in [2.05, 4.69) is 55.4 Å². The lowest BCUT2D eigenvalue weighted by atomic mass is 9.68. The number of hydrogen-bond acceptors (Lipinski definition) is 2. The van der Waals surface area contributed by atoms with Crippen LogP contribution in [0.1, 0.15) is 43.2 Å². The Balaban J connectivity index is 1.81. The van der Waals surface area contributed by atoms with Crippen LogP contribution < -0.4 is 0 Å². The van der Waals surface area contributed by atoms with E-state index in [9.17, 15) is 5.11 Å². The van der Waals surface area contributed by atoms with Crippen LogP contribution in [0.2, 0.25) is 5.02 Å². The maximum atomic E-state index is 11.9. The van der Waals surface area contributed by atoms with Crippen LogP contribution in [0.3, 0.4) is 0 Å². The summed E-state index contributed by atoms with van der Waals surface area (Å²) in [6.07, 6.45) is 8.18. The average Bonchev–Trinajstić information content (AvgIpc) is 2.67. The molecule has 0 heterocycles. The molecule has 1 aliphatic rings. The van der Waals surface area contributed by atoms with Crippen molar-refractivity contribution in [2.24, 2.45) is 5.92 Å². The largest absolute Gasteiger partial charge is 0.385 e. The van der Waals surface area contributed by atoms with E-state index in [0.29, 0.717) is 0 Å². The fourth-order valence-electron chi connectivity index (χ4n) is 4.47. The van der Waals surface area contributed by atoms with Gasteiger partial charge in [-0.1, -0.05) is 60.1 Å². The molecule has 2 aromatic carbocycles. The summed E-state index contributed by atoms with van der Waals surface area (Å²) in [6, 6.07) is 18.5. The molecule has 2 atom stereocenters. The molecule has 3 rings (SSSR count). The lowest BCUT2D eigenvalue weighted by Gasteiger charge is -2.43. The molecule has 1 fully saturated rings. The molecule has 0 aliphatic heterocycles. The van der Waals surface area contributed by atoms with Crippen molar-refractivity contribution < 1.29 is 5.11 Å². The van der Waals surface area contributed by atoms with E-state index in [1.165, 1.54) is 11.1 Å². The van der Waals surface area contributed by atoms with Crippen molar-refractivity contribution in [3.63, 3.8) is 0 Å². The molecule has 3 heteroatoms. The van der Waals surface area contributed by atoms with Crippen LogP contribution in [0, 0.1) is 5.92 Å². The molecule has 0 spiro atoms. The molecule has 0 aromatic heterocycles. The van der Waals surface area contributed by atoms with Crippen LogP contribution in [-0.2, 0) is 6.42 Å². The summed E-state index contributed by atoms with van der Waals surface area (Å²) in [5.74, 6) is 0.269. The van der Waals surface area contributed by atoms with Gasteiger partial charge in [0.15, 0.2) is 0 Å². The highest BCUT2D eigenvalue weighted by molar-refractivity contribution is 6.30. The van der Waals surface area contributed by atoms with E-state index in [1.807, 2.05) is 24.3 Å². The first kappa shape index (κ1) is 21.1. The fraction of sp³-hybridized carbons (Fsp3) is 0.440. The minimum absolute atomic E-state index is 0.269. The third-order valence-electron chi connectivity index (χ3n) is 5.89. The number of aliphatic hydroxyl groups is 1. The Morgan fingerprint density at radius 1 is 1.11 bits per heavy atom. The highest BCUT2D eigenvalue weighted by Crippen LogP contribution is 2.42. The van der Waals surface area contributed by atoms with Gasteiger partial charge in [0.25, 0.3) is 0 Å². The smallest absolute Gasteiger partial charge is 0.0900 e. The minimum atomic E-state index is -0.739. The van der Waals surface area contributed by atoms with Crippen molar-refractivity contribution in [3.05, 3.63) is 76.3 Å². The van der Waals surface area contributed by atoms with Crippen LogP contribution in [-0.4, -0.2) is 36.2 Å². The van der Waals surface area contributed by atoms with Crippen LogP contribution in [0.25, 0.3) is 6.08 Å². The number of halogens is 1. The summed E-state index contributed by atoms with van der Waals surface area (Å²) >= 11 is 6.04. The SMILES string of the molecule is CN(C)CC1CCC/C(=C\c2ccc(Cl)cc2)C1(O)CCCc1ccccc1. The van der Waals surface area contributed by atoms with Gasteiger partial charge in [0.1, 0.15) is 0 Å². The Hall–Kier alpha value is -1.61. The zero-order chi connectivity index (χ0) is 20.0. The third-order valence-corrected chi connectivity index (χ3v) is 6.14. The Bertz CT molecular complexity index is 769. The second-order valence-corrected chi connectivity index (χ2v) is 8.77. The zero-order valence-corrected chi connectivity index (χ0v) is 17.8. The van der Waals surface area contributed by atoms with Crippen molar-refractivity contribution >= 4 is 17.7 Å². The normalized spacial score (nSPS) is 24.0. The number of nitrogens with zero attached hydrogens (tertiary/aromatic N) is 1. The molecule has 1 aliphatic carbocycles. The summed E-state index contributed by atoms with van der Waals surface area (Å²) in [7, 11) is 4.20. The Labute approximate surface area is 174 Å². The van der Waals surface area contributed by atoms with E-state index in [-0.39, 0.29) is 5.92 Å². The van der Waals surface area contributed by atoms with Crippen LogP contribution >= 0.6 is 11.6 Å². The molecular weight excluding hydrogens is 366 g/mol. The minimum Gasteiger partial charge on any atom is -0.385 e. The Morgan fingerprint density at radius 2 is 1.82 bits per heavy atom. The number of hydrogen-bond donors (Lipinski definition) is 1. The summed E-state index contributed by atoms with van der Waals surface area (Å²) in [4.78, 5) is 2.21. The fourth-order valence-corrected chi connectivity index (χ4v) is 4.59. The maximum Gasteiger partial charge on any atom is 0.0900 e. The molecule has 150 valence electrons. The standard InChI is InChI=1S/C25H32ClNO/c1-27(2)19-23-12-6-11-22(18-21-13-15-24(26)16-14-21)25(23,28)17-7-10-20-8-4-3-5-9-20/h3-5,8-9,13-16,18,23,28H,6-7,10-12,17,19H2,1-2H3/b22-18+. The Kier molecular flexibility index (Phi) is 7.34. The van der Waals surface area contributed by atoms with Crippen molar-refractivity contribution in [1.29, 1.82) is 0 Å². The average molecular weight is 398 g/mol. The second kappa shape index (κ2) is 9.73. The topological polar surface area (TPSA) is 23.5 Å². The first-order valence-electron chi connectivity index (χ1n) is 10.3. The predicted octanol–water partition coefficient (Wildman–Crippen LogP) is 5.84. The van der Waals surface area contributed by atoms with Gasteiger partial charge in [-0.2, -0.15) is 0 Å². The van der Waals surface area contributed by atoms with E-state index >= 15 is 0 Å². The molecule has 1 N–H and O–H groups in total. The Morgan fingerprint density at radius 3 is 2.50 bits per heavy atom. The molecule has 0 radical (unpaired) electrons. The molecule has 2 unspecified atom stereocenters. The van der Waals surface area contributed by atoms with Gasteiger partial charge in [-0.3, -0.25) is 0 Å². The highest BCUT2D eigenvalue weighted by Gasteiger charge is 2.42. The van der Waals surface area contributed by atoms with Gasteiger partial charge >= 0.3 is 0 Å². The van der Waals surface area contributed by atoms with Crippen molar-refractivity contribution in [2.75, 3.05) is 20.6 Å². The summed E-state index contributed by atoms with van der Waals surface area (Å²) < 4.78 is 0. The molecule has 2 nitrogen and oxygen atoms in total. The van der Waals surface area contributed by atoms with Crippen molar-refractivity contribution in [3.8, 4) is 0 Å². The van der Waals surface area contributed by atoms with Gasteiger partial charge in [-0.15, -0.1) is 0 Å². The van der Waals surface area contributed by atoms with Gasteiger partial charge in [0.2, 0.25) is 0 Å². The molecule has 1 saturated carbocycles. The molecule has 2 aromatic rings. The van der Waals surface area contributed by atoms with Gasteiger partial charge in [-0.25, -0.2) is 0 Å². The molecule has 28 heavy (non-hydrogen) atoms. The van der Waals surface area contributed by atoms with Crippen molar-refractivity contribution in [1.82, 2.24) is 4.90 Å². The van der Waals surface area contributed by atoms with Gasteiger partial charge in [0.05, 0.1) is 5.60 Å². The van der Waals surface area contributed by atoms with Crippen LogP contribution in [0.5, 0.6) is 0 Å². The van der Waals surface area contributed by atoms with E-state index in [1.54, 1.807) is 0 Å². The third kappa shape index (κ3) is 5.47. The quantitative estimate of drug-likeness (QED) is 0.634.